The summed E-state index contributed by atoms with van der Waals surface area (Å²) >= 11 is 0. The molecule has 0 aliphatic rings. The van der Waals surface area contributed by atoms with Crippen molar-refractivity contribution in [1.82, 2.24) is 0 Å². The van der Waals surface area contributed by atoms with E-state index in [9.17, 15) is 0 Å². The fourth-order valence-electron chi connectivity index (χ4n) is 1.80. The molecule has 0 rings (SSSR count). The molecule has 92 valence electrons. The highest BCUT2D eigenvalue weighted by Gasteiger charge is 2.20. The van der Waals surface area contributed by atoms with Gasteiger partial charge in [-0.25, -0.2) is 0 Å². The predicted octanol–water partition coefficient (Wildman–Crippen LogP) is 3.23. The molecule has 2 heteroatoms. The molecule has 0 fully saturated rings. The van der Waals surface area contributed by atoms with Crippen LogP contribution in [0.25, 0.3) is 0 Å². The van der Waals surface area contributed by atoms with Crippen LogP contribution in [0.5, 0.6) is 0 Å². The summed E-state index contributed by atoms with van der Waals surface area (Å²) in [4.78, 5) is 0. The van der Waals surface area contributed by atoms with Crippen LogP contribution in [0.3, 0.4) is 0 Å². The molecule has 1 unspecified atom stereocenters. The largest absolute Gasteiger partial charge is 0.394 e. The summed E-state index contributed by atoms with van der Waals surface area (Å²) in [6.07, 6.45) is 11.0. The van der Waals surface area contributed by atoms with Gasteiger partial charge in [0.1, 0.15) is 0 Å². The Kier molecular flexibility index (Phi) is 9.12. The molecule has 0 aromatic heterocycles. The topological polar surface area (TPSA) is 46.2 Å². The van der Waals surface area contributed by atoms with Crippen molar-refractivity contribution in [2.24, 2.45) is 5.73 Å². The Balaban J connectivity index is 3.29. The number of nitrogens with two attached hydrogens (primary N) is 1. The molecule has 0 aliphatic heterocycles. The van der Waals surface area contributed by atoms with Gasteiger partial charge in [-0.05, 0) is 12.8 Å². The van der Waals surface area contributed by atoms with Gasteiger partial charge in [0.15, 0.2) is 0 Å². The molecule has 0 radical (unpaired) electrons. The van der Waals surface area contributed by atoms with Gasteiger partial charge < -0.3 is 10.8 Å². The van der Waals surface area contributed by atoms with E-state index in [0.29, 0.717) is 0 Å². The van der Waals surface area contributed by atoms with Gasteiger partial charge in [-0.3, -0.25) is 0 Å². The molecule has 0 aromatic rings. The van der Waals surface area contributed by atoms with Gasteiger partial charge in [-0.1, -0.05) is 58.8 Å². The standard InChI is InChI=1S/C13H29NO/c1-3-5-6-7-8-9-10-11-13(14,4-2)12-15/h15H,3-12,14H2,1-2H3. The minimum absolute atomic E-state index is 0.124. The Morgan fingerprint density at radius 1 is 0.933 bits per heavy atom. The molecule has 0 spiro atoms. The molecule has 0 aliphatic carbocycles. The molecule has 0 aromatic carbocycles. The number of unbranched alkanes of at least 4 members (excludes halogenated alkanes) is 6. The number of aliphatic hydroxyl groups is 1. The summed E-state index contributed by atoms with van der Waals surface area (Å²) in [6, 6.07) is 0. The second-order valence-corrected chi connectivity index (χ2v) is 4.75. The molecule has 0 saturated heterocycles. The van der Waals surface area contributed by atoms with Gasteiger partial charge >= 0.3 is 0 Å². The van der Waals surface area contributed by atoms with Gasteiger partial charge in [0.25, 0.3) is 0 Å². The highest BCUT2D eigenvalue weighted by molar-refractivity contribution is 4.81. The van der Waals surface area contributed by atoms with E-state index in [0.717, 1.165) is 19.3 Å². The molecule has 0 saturated carbocycles. The SMILES string of the molecule is CCCCCCCCCC(N)(CC)CO. The second kappa shape index (κ2) is 9.17. The molecule has 0 amide bonds. The van der Waals surface area contributed by atoms with E-state index < -0.39 is 0 Å². The minimum atomic E-state index is -0.316. The van der Waals surface area contributed by atoms with Gasteiger partial charge in [0.2, 0.25) is 0 Å². The fourth-order valence-corrected chi connectivity index (χ4v) is 1.80. The third kappa shape index (κ3) is 7.80. The smallest absolute Gasteiger partial charge is 0.0611 e. The fraction of sp³-hybridized carbons (Fsp3) is 1.00. The third-order valence-electron chi connectivity index (χ3n) is 3.30. The summed E-state index contributed by atoms with van der Waals surface area (Å²) in [5.74, 6) is 0. The summed E-state index contributed by atoms with van der Waals surface area (Å²) in [6.45, 7) is 4.42. The zero-order valence-corrected chi connectivity index (χ0v) is 10.6. The maximum absolute atomic E-state index is 9.13. The average molecular weight is 215 g/mol. The van der Waals surface area contributed by atoms with Gasteiger partial charge in [-0.2, -0.15) is 0 Å². The van der Waals surface area contributed by atoms with Crippen molar-refractivity contribution in [2.75, 3.05) is 6.61 Å². The molecule has 0 heterocycles. The Morgan fingerprint density at radius 2 is 1.47 bits per heavy atom. The molecular weight excluding hydrogens is 186 g/mol. The molecule has 1 atom stereocenters. The van der Waals surface area contributed by atoms with E-state index in [1.165, 1.54) is 38.5 Å². The lowest BCUT2D eigenvalue weighted by Gasteiger charge is -2.25. The zero-order valence-electron chi connectivity index (χ0n) is 10.6. The van der Waals surface area contributed by atoms with Crippen LogP contribution in [-0.4, -0.2) is 17.3 Å². The summed E-state index contributed by atoms with van der Waals surface area (Å²) in [5, 5.41) is 9.13. The quantitative estimate of drug-likeness (QED) is 0.550. The van der Waals surface area contributed by atoms with Gasteiger partial charge in [-0.15, -0.1) is 0 Å². The van der Waals surface area contributed by atoms with Crippen LogP contribution >= 0.6 is 0 Å². The third-order valence-corrected chi connectivity index (χ3v) is 3.30. The van der Waals surface area contributed by atoms with E-state index in [4.69, 9.17) is 10.8 Å². The minimum Gasteiger partial charge on any atom is -0.394 e. The maximum Gasteiger partial charge on any atom is 0.0611 e. The van der Waals surface area contributed by atoms with Gasteiger partial charge in [0.05, 0.1) is 6.61 Å². The number of aliphatic hydroxyl groups excluding tert-OH is 1. The van der Waals surface area contributed by atoms with E-state index >= 15 is 0 Å². The Hall–Kier alpha value is -0.0800. The first kappa shape index (κ1) is 14.9. The molecular formula is C13H29NO. The Labute approximate surface area is 95.3 Å². The number of rotatable bonds is 10. The number of hydrogen-bond acceptors (Lipinski definition) is 2. The number of hydrogen-bond donors (Lipinski definition) is 2. The first-order valence-corrected chi connectivity index (χ1v) is 6.58. The first-order valence-electron chi connectivity index (χ1n) is 6.58. The second-order valence-electron chi connectivity index (χ2n) is 4.75. The molecule has 15 heavy (non-hydrogen) atoms. The monoisotopic (exact) mass is 215 g/mol. The van der Waals surface area contributed by atoms with E-state index in [2.05, 4.69) is 13.8 Å². The first-order chi connectivity index (χ1) is 7.18. The van der Waals surface area contributed by atoms with Crippen LogP contribution in [0.4, 0.5) is 0 Å². The normalized spacial score (nSPS) is 15.2. The van der Waals surface area contributed by atoms with Crippen molar-refractivity contribution >= 4 is 0 Å². The van der Waals surface area contributed by atoms with Crippen LogP contribution in [0.2, 0.25) is 0 Å². The highest BCUT2D eigenvalue weighted by Crippen LogP contribution is 2.16. The Morgan fingerprint density at radius 3 is 1.93 bits per heavy atom. The van der Waals surface area contributed by atoms with Crippen molar-refractivity contribution < 1.29 is 5.11 Å². The lowest BCUT2D eigenvalue weighted by Crippen LogP contribution is -2.42. The van der Waals surface area contributed by atoms with Crippen LogP contribution in [0.1, 0.15) is 71.6 Å². The van der Waals surface area contributed by atoms with Crippen molar-refractivity contribution in [3.8, 4) is 0 Å². The lowest BCUT2D eigenvalue weighted by molar-refractivity contribution is 0.179. The highest BCUT2D eigenvalue weighted by atomic mass is 16.3. The van der Waals surface area contributed by atoms with Crippen LogP contribution in [0, 0.1) is 0 Å². The summed E-state index contributed by atoms with van der Waals surface area (Å²) in [5.41, 5.74) is 5.69. The molecule has 3 N–H and O–H groups in total. The van der Waals surface area contributed by atoms with E-state index in [-0.39, 0.29) is 12.1 Å². The summed E-state index contributed by atoms with van der Waals surface area (Å²) < 4.78 is 0. The van der Waals surface area contributed by atoms with E-state index in [1.807, 2.05) is 0 Å². The average Bonchev–Trinajstić information content (AvgIpc) is 2.27. The molecule has 0 bridgehead atoms. The van der Waals surface area contributed by atoms with Gasteiger partial charge in [0, 0.05) is 5.54 Å². The zero-order chi connectivity index (χ0) is 11.6. The summed E-state index contributed by atoms with van der Waals surface area (Å²) in [7, 11) is 0. The van der Waals surface area contributed by atoms with Crippen LogP contribution in [-0.2, 0) is 0 Å². The van der Waals surface area contributed by atoms with E-state index in [1.54, 1.807) is 0 Å². The Bertz CT molecular complexity index is 132. The maximum atomic E-state index is 9.13. The van der Waals surface area contributed by atoms with Crippen molar-refractivity contribution in [3.63, 3.8) is 0 Å². The molecule has 2 nitrogen and oxygen atoms in total. The van der Waals surface area contributed by atoms with Crippen LogP contribution < -0.4 is 5.73 Å². The van der Waals surface area contributed by atoms with Crippen molar-refractivity contribution in [1.29, 1.82) is 0 Å². The van der Waals surface area contributed by atoms with Crippen molar-refractivity contribution in [3.05, 3.63) is 0 Å². The van der Waals surface area contributed by atoms with Crippen LogP contribution in [0.15, 0.2) is 0 Å². The van der Waals surface area contributed by atoms with Crippen molar-refractivity contribution in [2.45, 2.75) is 77.2 Å². The predicted molar refractivity (Wildman–Crippen MR) is 66.9 cm³/mol. The lowest BCUT2D eigenvalue weighted by atomic mass is 9.91.